The lowest BCUT2D eigenvalue weighted by molar-refractivity contribution is -0.154. The first-order chi connectivity index (χ1) is 15.6. The highest BCUT2D eigenvalue weighted by molar-refractivity contribution is 5.82. The molecular weight excluding hydrogens is 406 g/mol. The van der Waals surface area contributed by atoms with Gasteiger partial charge in [-0.1, -0.05) is 18.6 Å². The van der Waals surface area contributed by atoms with Crippen molar-refractivity contribution in [3.05, 3.63) is 41.5 Å². The molecule has 0 radical (unpaired) electrons. The second-order valence-corrected chi connectivity index (χ2v) is 9.10. The van der Waals surface area contributed by atoms with E-state index in [2.05, 4.69) is 11.0 Å². The number of hydrogen-bond acceptors (Lipinski definition) is 6. The zero-order valence-electron chi connectivity index (χ0n) is 18.8. The Bertz CT molecular complexity index is 1020. The van der Waals surface area contributed by atoms with Crippen LogP contribution in [-0.2, 0) is 16.0 Å². The van der Waals surface area contributed by atoms with Crippen molar-refractivity contribution >= 4 is 5.97 Å². The van der Waals surface area contributed by atoms with E-state index in [1.165, 1.54) is 12.8 Å². The van der Waals surface area contributed by atoms with Gasteiger partial charge < -0.3 is 19.3 Å². The Hall–Kier alpha value is -2.73. The quantitative estimate of drug-likeness (QED) is 0.692. The lowest BCUT2D eigenvalue weighted by Crippen LogP contribution is -2.49. The number of carbonyl (C=O) groups is 1. The van der Waals surface area contributed by atoms with E-state index in [0.29, 0.717) is 30.4 Å². The van der Waals surface area contributed by atoms with Gasteiger partial charge in [0.1, 0.15) is 11.9 Å². The van der Waals surface area contributed by atoms with Gasteiger partial charge in [0, 0.05) is 42.5 Å². The Labute approximate surface area is 189 Å². The van der Waals surface area contributed by atoms with Crippen molar-refractivity contribution in [2.75, 3.05) is 20.8 Å². The van der Waals surface area contributed by atoms with Crippen molar-refractivity contribution in [3.8, 4) is 28.4 Å². The number of phenols is 1. The fourth-order valence-corrected chi connectivity index (χ4v) is 5.80. The van der Waals surface area contributed by atoms with Gasteiger partial charge in [0.15, 0.2) is 11.5 Å². The summed E-state index contributed by atoms with van der Waals surface area (Å²) in [5.41, 5.74) is 3.65. The number of methoxy groups -OCH3 is 2. The molecule has 170 valence electrons. The van der Waals surface area contributed by atoms with Crippen LogP contribution in [0.1, 0.15) is 55.7 Å². The molecule has 3 unspecified atom stereocenters. The van der Waals surface area contributed by atoms with Gasteiger partial charge in [-0.05, 0) is 55.1 Å². The maximum Gasteiger partial charge on any atom is 0.306 e. The van der Waals surface area contributed by atoms with Gasteiger partial charge in [-0.2, -0.15) is 0 Å². The molecule has 6 heteroatoms. The zero-order chi connectivity index (χ0) is 22.2. The minimum atomic E-state index is -0.138. The number of aryl methyl sites for hydroxylation is 1. The minimum Gasteiger partial charge on any atom is -0.507 e. The summed E-state index contributed by atoms with van der Waals surface area (Å²) in [6.07, 6.45) is 5.93. The van der Waals surface area contributed by atoms with Crippen LogP contribution < -0.4 is 9.47 Å². The standard InChI is InChI=1S/C26H31NO5/c1-30-23-10-8-19-21-15-18(14-17-5-3-4-12-27(17)21)32-24(29)11-7-16-6-9-22(28)20(13-16)25(19)26(23)31-2/h6,8-10,13,17-18,21,28H,3-5,7,11-12,14-15H2,1-2H3. The Morgan fingerprint density at radius 2 is 1.94 bits per heavy atom. The lowest BCUT2D eigenvalue weighted by atomic mass is 9.81. The molecule has 3 atom stereocenters. The molecule has 0 aliphatic carbocycles. The predicted octanol–water partition coefficient (Wildman–Crippen LogP) is 4.62. The Morgan fingerprint density at radius 1 is 1.06 bits per heavy atom. The number of benzene rings is 2. The third-order valence-corrected chi connectivity index (χ3v) is 7.28. The largest absolute Gasteiger partial charge is 0.507 e. The molecule has 2 aromatic rings. The molecule has 2 fully saturated rings. The fourth-order valence-electron chi connectivity index (χ4n) is 5.80. The number of fused-ring (bicyclic) bond motifs is 9. The molecule has 6 nitrogen and oxygen atoms in total. The van der Waals surface area contributed by atoms with Crippen LogP contribution in [0.5, 0.6) is 17.2 Å². The topological polar surface area (TPSA) is 68.2 Å². The third kappa shape index (κ3) is 3.71. The van der Waals surface area contributed by atoms with E-state index in [1.54, 1.807) is 20.3 Å². The van der Waals surface area contributed by atoms with E-state index >= 15 is 0 Å². The molecule has 3 aliphatic rings. The molecule has 0 spiro atoms. The molecule has 32 heavy (non-hydrogen) atoms. The molecule has 1 N–H and O–H groups in total. The summed E-state index contributed by atoms with van der Waals surface area (Å²) in [6, 6.07) is 10.0. The van der Waals surface area contributed by atoms with Gasteiger partial charge in [-0.25, -0.2) is 0 Å². The molecule has 0 aromatic heterocycles. The minimum absolute atomic E-state index is 0.0733. The molecule has 4 bridgehead atoms. The second kappa shape index (κ2) is 8.66. The number of ether oxygens (including phenoxy) is 3. The summed E-state index contributed by atoms with van der Waals surface area (Å²) in [7, 11) is 3.27. The molecule has 2 aromatic carbocycles. The van der Waals surface area contributed by atoms with Crippen LogP contribution in [0.2, 0.25) is 0 Å². The van der Waals surface area contributed by atoms with Gasteiger partial charge in [0.25, 0.3) is 0 Å². The first-order valence-corrected chi connectivity index (χ1v) is 11.6. The van der Waals surface area contributed by atoms with Crippen LogP contribution in [0.3, 0.4) is 0 Å². The zero-order valence-corrected chi connectivity index (χ0v) is 18.8. The maximum absolute atomic E-state index is 12.6. The Balaban J connectivity index is 1.75. The van der Waals surface area contributed by atoms with E-state index in [4.69, 9.17) is 14.2 Å². The molecule has 5 rings (SSSR count). The molecule has 3 heterocycles. The van der Waals surface area contributed by atoms with Crippen LogP contribution in [0.15, 0.2) is 30.3 Å². The van der Waals surface area contributed by atoms with Crippen molar-refractivity contribution < 1.29 is 24.1 Å². The predicted molar refractivity (Wildman–Crippen MR) is 121 cm³/mol. The highest BCUT2D eigenvalue weighted by Gasteiger charge is 2.41. The third-order valence-electron chi connectivity index (χ3n) is 7.28. The second-order valence-electron chi connectivity index (χ2n) is 9.10. The van der Waals surface area contributed by atoms with Crippen molar-refractivity contribution in [2.45, 2.75) is 63.1 Å². The number of piperidine rings is 2. The molecule has 3 aliphatic heterocycles. The van der Waals surface area contributed by atoms with E-state index in [9.17, 15) is 9.90 Å². The summed E-state index contributed by atoms with van der Waals surface area (Å²) >= 11 is 0. The van der Waals surface area contributed by atoms with Gasteiger partial charge in [-0.15, -0.1) is 0 Å². The lowest BCUT2D eigenvalue weighted by Gasteiger charge is -2.48. The summed E-state index contributed by atoms with van der Waals surface area (Å²) in [5.74, 6) is 1.32. The van der Waals surface area contributed by atoms with Gasteiger partial charge >= 0.3 is 5.97 Å². The number of rotatable bonds is 2. The molecular formula is C26H31NO5. The van der Waals surface area contributed by atoms with Crippen molar-refractivity contribution in [3.63, 3.8) is 0 Å². The van der Waals surface area contributed by atoms with Crippen molar-refractivity contribution in [2.24, 2.45) is 0 Å². The van der Waals surface area contributed by atoms with Crippen LogP contribution in [-0.4, -0.2) is 48.9 Å². The maximum atomic E-state index is 12.6. The van der Waals surface area contributed by atoms with Crippen LogP contribution in [0, 0.1) is 0 Å². The monoisotopic (exact) mass is 437 g/mol. The van der Waals surface area contributed by atoms with Crippen LogP contribution in [0.25, 0.3) is 11.1 Å². The van der Waals surface area contributed by atoms with Gasteiger partial charge in [-0.3, -0.25) is 9.69 Å². The Kier molecular flexibility index (Phi) is 5.72. The number of hydrogen-bond donors (Lipinski definition) is 1. The summed E-state index contributed by atoms with van der Waals surface area (Å²) in [5, 5.41) is 10.9. The van der Waals surface area contributed by atoms with Gasteiger partial charge in [0.05, 0.1) is 14.2 Å². The van der Waals surface area contributed by atoms with Crippen LogP contribution in [0.4, 0.5) is 0 Å². The van der Waals surface area contributed by atoms with Crippen molar-refractivity contribution in [1.82, 2.24) is 4.90 Å². The smallest absolute Gasteiger partial charge is 0.306 e. The number of phenolic OH excluding ortho intramolecular Hbond substituents is 1. The number of esters is 1. The fraction of sp³-hybridized carbons (Fsp3) is 0.500. The first-order valence-electron chi connectivity index (χ1n) is 11.6. The van der Waals surface area contributed by atoms with E-state index in [1.807, 2.05) is 18.2 Å². The summed E-state index contributed by atoms with van der Waals surface area (Å²) < 4.78 is 17.5. The van der Waals surface area contributed by atoms with Crippen LogP contribution >= 0.6 is 0 Å². The Morgan fingerprint density at radius 3 is 2.75 bits per heavy atom. The highest BCUT2D eigenvalue weighted by Crippen LogP contribution is 2.50. The number of nitrogens with zero attached hydrogens (tertiary/aromatic N) is 1. The molecule has 0 amide bonds. The molecule has 0 saturated carbocycles. The summed E-state index contributed by atoms with van der Waals surface area (Å²) in [6.45, 7) is 1.02. The van der Waals surface area contributed by atoms with E-state index in [-0.39, 0.29) is 23.9 Å². The number of aromatic hydroxyl groups is 1. The number of carbonyl (C=O) groups excluding carboxylic acids is 1. The average Bonchev–Trinajstić information content (AvgIpc) is 2.81. The average molecular weight is 438 g/mol. The summed E-state index contributed by atoms with van der Waals surface area (Å²) in [4.78, 5) is 15.2. The molecule has 2 saturated heterocycles. The highest BCUT2D eigenvalue weighted by atomic mass is 16.5. The van der Waals surface area contributed by atoms with E-state index < -0.39 is 0 Å². The van der Waals surface area contributed by atoms with Gasteiger partial charge in [0.2, 0.25) is 0 Å². The first kappa shape index (κ1) is 21.1. The van der Waals surface area contributed by atoms with E-state index in [0.717, 1.165) is 48.1 Å². The normalized spacial score (nSPS) is 25.4. The SMILES string of the molecule is COc1ccc2c(c1OC)-c1cc(ccc1O)CCC(=O)OC1CC3CCCCN3C2C1. The van der Waals surface area contributed by atoms with Crippen molar-refractivity contribution in [1.29, 1.82) is 0 Å².